The zero-order valence-corrected chi connectivity index (χ0v) is 12.8. The van der Waals surface area contributed by atoms with Crippen LogP contribution in [0.5, 0.6) is 0 Å². The lowest BCUT2D eigenvalue weighted by molar-refractivity contribution is -0.0502. The third-order valence-corrected chi connectivity index (χ3v) is 3.74. The maximum Gasteiger partial charge on any atom is 0.418 e. The van der Waals surface area contributed by atoms with Gasteiger partial charge in [-0.2, -0.15) is 8.42 Å². The molecule has 0 bridgehead atoms. The lowest BCUT2D eigenvalue weighted by atomic mass is 10.1. The number of hydroxylamine groups is 2. The van der Waals surface area contributed by atoms with E-state index in [1.165, 1.54) is 0 Å². The van der Waals surface area contributed by atoms with Gasteiger partial charge in [-0.3, -0.25) is 4.55 Å². The molecule has 0 radical (unpaired) electrons. The Balaban J connectivity index is 2.13. The highest BCUT2D eigenvalue weighted by Crippen LogP contribution is 2.23. The van der Waals surface area contributed by atoms with E-state index in [4.69, 9.17) is 10.3 Å². The summed E-state index contributed by atoms with van der Waals surface area (Å²) in [4.78, 5) is 2.22. The van der Waals surface area contributed by atoms with Crippen LogP contribution in [0.4, 0.5) is 0 Å². The fourth-order valence-electron chi connectivity index (χ4n) is 2.45. The number of nitrogens with two attached hydrogens (primary N) is 1. The highest BCUT2D eigenvalue weighted by molar-refractivity contribution is 7.80. The van der Waals surface area contributed by atoms with Gasteiger partial charge in [0.15, 0.2) is 0 Å². The van der Waals surface area contributed by atoms with Crippen LogP contribution in [0.1, 0.15) is 26.2 Å². The predicted molar refractivity (Wildman–Crippen MR) is 78.9 cm³/mol. The third kappa shape index (κ3) is 4.57. The Hall–Kier alpha value is -1.35. The van der Waals surface area contributed by atoms with E-state index in [1.54, 1.807) is 19.1 Å². The molecule has 1 atom stereocenters. The minimum Gasteiger partial charge on any atom is -0.371 e. The van der Waals surface area contributed by atoms with Crippen LogP contribution in [-0.2, 0) is 14.7 Å². The highest BCUT2D eigenvalue weighted by atomic mass is 32.3. The molecule has 118 valence electrons. The molecule has 0 spiro atoms. The molecule has 0 saturated carbocycles. The summed E-state index contributed by atoms with van der Waals surface area (Å²) < 4.78 is 34.9. The number of allylic oxidation sites excluding steroid dienone is 3. The Bertz CT molecular complexity index is 568. The van der Waals surface area contributed by atoms with E-state index in [9.17, 15) is 8.42 Å². The first-order chi connectivity index (χ1) is 9.87. The van der Waals surface area contributed by atoms with E-state index in [-0.39, 0.29) is 0 Å². The van der Waals surface area contributed by atoms with Gasteiger partial charge >= 0.3 is 10.4 Å². The van der Waals surface area contributed by atoms with Gasteiger partial charge in [0.2, 0.25) is 0 Å². The molecule has 0 fully saturated rings. The predicted octanol–water partition coefficient (Wildman–Crippen LogP) is 1.15. The second kappa shape index (κ2) is 6.61. The molecule has 7 nitrogen and oxygen atoms in total. The Morgan fingerprint density at radius 1 is 1.33 bits per heavy atom. The van der Waals surface area contributed by atoms with Crippen molar-refractivity contribution >= 4 is 10.4 Å². The number of hydrogen-bond donors (Lipinski definition) is 2. The molecule has 2 aliphatic heterocycles. The molecule has 0 aromatic heterocycles. The van der Waals surface area contributed by atoms with Crippen molar-refractivity contribution in [2.24, 2.45) is 5.73 Å². The lowest BCUT2D eigenvalue weighted by Gasteiger charge is -2.34. The van der Waals surface area contributed by atoms with Crippen molar-refractivity contribution in [2.75, 3.05) is 13.1 Å². The number of rotatable bonds is 3. The Labute approximate surface area is 125 Å². The lowest BCUT2D eigenvalue weighted by Crippen LogP contribution is -2.44. The Morgan fingerprint density at radius 3 is 2.71 bits per heavy atom. The fourth-order valence-corrected chi connectivity index (χ4v) is 2.87. The smallest absolute Gasteiger partial charge is 0.371 e. The van der Waals surface area contributed by atoms with Gasteiger partial charge in [0.05, 0.1) is 0 Å². The first kappa shape index (κ1) is 16.0. The van der Waals surface area contributed by atoms with Gasteiger partial charge in [-0.25, -0.2) is 5.06 Å². The Morgan fingerprint density at radius 2 is 2.05 bits per heavy atom. The van der Waals surface area contributed by atoms with E-state index in [1.807, 2.05) is 0 Å². The van der Waals surface area contributed by atoms with E-state index in [2.05, 4.69) is 21.3 Å². The van der Waals surface area contributed by atoms with Crippen molar-refractivity contribution in [3.05, 3.63) is 35.7 Å². The normalized spacial score (nSPS) is 25.8. The fraction of sp³-hybridized carbons (Fsp3) is 0.538. The largest absolute Gasteiger partial charge is 0.418 e. The quantitative estimate of drug-likeness (QED) is 0.595. The van der Waals surface area contributed by atoms with E-state index in [0.717, 1.165) is 43.1 Å². The van der Waals surface area contributed by atoms with Gasteiger partial charge in [-0.15, -0.1) is 4.28 Å². The van der Waals surface area contributed by atoms with Crippen molar-refractivity contribution in [1.29, 1.82) is 0 Å². The van der Waals surface area contributed by atoms with E-state index in [0.29, 0.717) is 5.70 Å². The van der Waals surface area contributed by atoms with Crippen molar-refractivity contribution in [3.8, 4) is 0 Å². The molecule has 8 heteroatoms. The second-order valence-electron chi connectivity index (χ2n) is 5.09. The van der Waals surface area contributed by atoms with Crippen LogP contribution in [0.2, 0.25) is 0 Å². The molecule has 0 aliphatic carbocycles. The SMILES string of the molecule is CC1=CC(N2CC/C=C\CCC2)=CC(N)N1OS(=O)(=O)O. The first-order valence-corrected chi connectivity index (χ1v) is 8.25. The van der Waals surface area contributed by atoms with Gasteiger partial charge in [0, 0.05) is 24.5 Å². The first-order valence-electron chi connectivity index (χ1n) is 6.89. The molecule has 1 unspecified atom stereocenters. The van der Waals surface area contributed by atoms with Crippen molar-refractivity contribution in [3.63, 3.8) is 0 Å². The number of hydrogen-bond acceptors (Lipinski definition) is 6. The number of nitrogens with zero attached hydrogens (tertiary/aromatic N) is 2. The van der Waals surface area contributed by atoms with Crippen LogP contribution < -0.4 is 5.73 Å². The van der Waals surface area contributed by atoms with E-state index >= 15 is 0 Å². The van der Waals surface area contributed by atoms with E-state index < -0.39 is 16.6 Å². The zero-order valence-electron chi connectivity index (χ0n) is 12.0. The molecule has 2 heterocycles. The van der Waals surface area contributed by atoms with Crippen molar-refractivity contribution in [2.45, 2.75) is 32.4 Å². The Kier molecular flexibility index (Phi) is 5.04. The van der Waals surface area contributed by atoms with Crippen LogP contribution >= 0.6 is 0 Å². The van der Waals surface area contributed by atoms with Crippen LogP contribution in [0.25, 0.3) is 0 Å². The van der Waals surface area contributed by atoms with Gasteiger partial charge in [-0.1, -0.05) is 12.2 Å². The molecule has 21 heavy (non-hydrogen) atoms. The third-order valence-electron chi connectivity index (χ3n) is 3.39. The van der Waals surface area contributed by atoms with Crippen molar-refractivity contribution in [1.82, 2.24) is 9.96 Å². The van der Waals surface area contributed by atoms with Crippen LogP contribution in [0.15, 0.2) is 35.7 Å². The average Bonchev–Trinajstić information content (AvgIpc) is 2.32. The summed E-state index contributed by atoms with van der Waals surface area (Å²) in [6, 6.07) is 0. The summed E-state index contributed by atoms with van der Waals surface area (Å²) in [5.41, 5.74) is 7.38. The minimum absolute atomic E-state index is 0.523. The van der Waals surface area contributed by atoms with Crippen LogP contribution in [0.3, 0.4) is 0 Å². The molecular formula is C13H21N3O4S. The van der Waals surface area contributed by atoms with Gasteiger partial charge < -0.3 is 10.6 Å². The summed E-state index contributed by atoms with van der Waals surface area (Å²) in [5.74, 6) is 0. The van der Waals surface area contributed by atoms with Gasteiger partial charge in [0.25, 0.3) is 0 Å². The topological polar surface area (TPSA) is 96.1 Å². The van der Waals surface area contributed by atoms with Gasteiger partial charge in [0.1, 0.15) is 6.17 Å². The molecule has 0 amide bonds. The summed E-state index contributed by atoms with van der Waals surface area (Å²) in [7, 11) is -4.59. The maximum absolute atomic E-state index is 10.8. The average molecular weight is 315 g/mol. The molecule has 0 saturated heterocycles. The summed E-state index contributed by atoms with van der Waals surface area (Å²) in [6.45, 7) is 3.49. The molecule has 3 N–H and O–H groups in total. The highest BCUT2D eigenvalue weighted by Gasteiger charge is 2.25. The molecule has 2 rings (SSSR count). The zero-order chi connectivity index (χ0) is 15.5. The minimum atomic E-state index is -4.59. The van der Waals surface area contributed by atoms with Gasteiger partial charge in [-0.05, 0) is 38.3 Å². The maximum atomic E-state index is 10.8. The monoisotopic (exact) mass is 315 g/mol. The van der Waals surface area contributed by atoms with Crippen molar-refractivity contribution < 1.29 is 17.3 Å². The summed E-state index contributed by atoms with van der Waals surface area (Å²) in [5, 5.41) is 0.975. The summed E-state index contributed by atoms with van der Waals surface area (Å²) >= 11 is 0. The molecular weight excluding hydrogens is 294 g/mol. The van der Waals surface area contributed by atoms with Crippen LogP contribution in [0, 0.1) is 0 Å². The molecule has 2 aliphatic rings. The molecule has 0 aromatic carbocycles. The standard InChI is InChI=1S/C13H21N3O4S/c1-11-9-12(15-7-5-3-2-4-6-8-15)10-13(14)16(11)20-21(17,18)19/h2-3,9-10,13H,4-8,14H2,1H3,(H,17,18,19)/b3-2-. The summed E-state index contributed by atoms with van der Waals surface area (Å²) in [6.07, 6.45) is 10.2. The second-order valence-corrected chi connectivity index (χ2v) is 6.09. The molecule has 0 aromatic rings. The van der Waals surface area contributed by atoms with Crippen LogP contribution in [-0.4, -0.2) is 42.2 Å².